The van der Waals surface area contributed by atoms with Gasteiger partial charge in [-0.2, -0.15) is 0 Å². The third-order valence-electron chi connectivity index (χ3n) is 1.98. The van der Waals surface area contributed by atoms with E-state index in [0.717, 1.165) is 0 Å². The molecule has 0 saturated carbocycles. The Bertz CT molecular complexity index is 541. The van der Waals surface area contributed by atoms with Crippen molar-refractivity contribution in [3.8, 4) is 11.5 Å². The Morgan fingerprint density at radius 1 is 1.35 bits per heavy atom. The van der Waals surface area contributed by atoms with Crippen LogP contribution in [0.25, 0.3) is 11.5 Å². The summed E-state index contributed by atoms with van der Waals surface area (Å²) in [5, 5.41) is 12.7. The van der Waals surface area contributed by atoms with Crippen molar-refractivity contribution in [2.75, 3.05) is 12.4 Å². The van der Waals surface area contributed by atoms with Crippen molar-refractivity contribution in [2.45, 2.75) is 0 Å². The summed E-state index contributed by atoms with van der Waals surface area (Å²) in [5.74, 6) is 0.252. The molecule has 0 unspecified atom stereocenters. The van der Waals surface area contributed by atoms with E-state index >= 15 is 0 Å². The Balaban J connectivity index is 2.24. The Labute approximate surface area is 102 Å². The molecule has 17 heavy (non-hydrogen) atoms. The number of amides is 2. The molecule has 1 aromatic carbocycles. The molecule has 2 rings (SSSR count). The Hall–Kier alpha value is -2.08. The van der Waals surface area contributed by atoms with Gasteiger partial charge in [0.05, 0.1) is 10.6 Å². The van der Waals surface area contributed by atoms with Gasteiger partial charge in [-0.15, -0.1) is 5.10 Å². The Kier molecular flexibility index (Phi) is 3.24. The fourth-order valence-electron chi connectivity index (χ4n) is 1.18. The zero-order valence-corrected chi connectivity index (χ0v) is 9.65. The van der Waals surface area contributed by atoms with E-state index in [1.165, 1.54) is 7.05 Å². The summed E-state index contributed by atoms with van der Waals surface area (Å²) in [6, 6.07) is 6.65. The summed E-state index contributed by atoms with van der Waals surface area (Å²) in [6.45, 7) is 0. The van der Waals surface area contributed by atoms with Crippen LogP contribution in [0.3, 0.4) is 0 Å². The van der Waals surface area contributed by atoms with Crippen LogP contribution >= 0.6 is 11.6 Å². The van der Waals surface area contributed by atoms with Crippen LogP contribution in [0.15, 0.2) is 28.7 Å². The zero-order valence-electron chi connectivity index (χ0n) is 8.90. The molecule has 0 fully saturated rings. The fraction of sp³-hybridized carbons (Fsp3) is 0.100. The van der Waals surface area contributed by atoms with Crippen molar-refractivity contribution in [3.05, 3.63) is 29.3 Å². The topological polar surface area (TPSA) is 80.0 Å². The van der Waals surface area contributed by atoms with E-state index in [1.807, 2.05) is 0 Å². The summed E-state index contributed by atoms with van der Waals surface area (Å²) < 4.78 is 5.24. The molecule has 0 atom stereocenters. The summed E-state index contributed by atoms with van der Waals surface area (Å²) in [5.41, 5.74) is 0.617. The molecule has 2 aromatic rings. The number of nitrogens with zero attached hydrogens (tertiary/aromatic N) is 2. The predicted molar refractivity (Wildman–Crippen MR) is 62.8 cm³/mol. The second kappa shape index (κ2) is 4.84. The van der Waals surface area contributed by atoms with Crippen LogP contribution in [0.4, 0.5) is 10.8 Å². The molecule has 88 valence electrons. The Morgan fingerprint density at radius 2 is 2.12 bits per heavy atom. The summed E-state index contributed by atoms with van der Waals surface area (Å²) in [7, 11) is 1.49. The quantitative estimate of drug-likeness (QED) is 0.858. The van der Waals surface area contributed by atoms with Gasteiger partial charge in [-0.05, 0) is 12.1 Å². The molecule has 0 bridgehead atoms. The molecule has 1 heterocycles. The molecule has 2 amide bonds. The Morgan fingerprint density at radius 3 is 2.82 bits per heavy atom. The molecule has 0 radical (unpaired) electrons. The van der Waals surface area contributed by atoms with Gasteiger partial charge < -0.3 is 9.73 Å². The molecule has 0 spiro atoms. The molecular formula is C10H9ClN4O2. The van der Waals surface area contributed by atoms with E-state index in [1.54, 1.807) is 24.3 Å². The van der Waals surface area contributed by atoms with Gasteiger partial charge in [-0.1, -0.05) is 28.8 Å². The lowest BCUT2D eigenvalue weighted by atomic mass is 10.2. The zero-order chi connectivity index (χ0) is 12.3. The highest BCUT2D eigenvalue weighted by Gasteiger charge is 2.12. The van der Waals surface area contributed by atoms with E-state index in [4.69, 9.17) is 16.0 Å². The molecule has 2 N–H and O–H groups in total. The molecule has 0 aliphatic rings. The first-order valence-electron chi connectivity index (χ1n) is 4.78. The smallest absolute Gasteiger partial charge is 0.324 e. The average molecular weight is 253 g/mol. The lowest BCUT2D eigenvalue weighted by molar-refractivity contribution is 0.253. The fourth-order valence-corrected chi connectivity index (χ4v) is 1.39. The van der Waals surface area contributed by atoms with Crippen LogP contribution in [-0.2, 0) is 0 Å². The van der Waals surface area contributed by atoms with Crippen LogP contribution in [0.1, 0.15) is 0 Å². The molecule has 0 aliphatic heterocycles. The number of hydrogen-bond acceptors (Lipinski definition) is 4. The molecule has 0 aliphatic carbocycles. The number of urea groups is 1. The van der Waals surface area contributed by atoms with Crippen LogP contribution in [0.5, 0.6) is 0 Å². The van der Waals surface area contributed by atoms with E-state index in [2.05, 4.69) is 20.8 Å². The van der Waals surface area contributed by atoms with Gasteiger partial charge in [0.15, 0.2) is 0 Å². The number of hydrogen-bond donors (Lipinski definition) is 2. The van der Waals surface area contributed by atoms with Gasteiger partial charge in [0.25, 0.3) is 5.89 Å². The van der Waals surface area contributed by atoms with Crippen LogP contribution in [0.2, 0.25) is 5.02 Å². The van der Waals surface area contributed by atoms with Gasteiger partial charge in [-0.25, -0.2) is 4.79 Å². The van der Waals surface area contributed by atoms with E-state index in [0.29, 0.717) is 10.6 Å². The maximum atomic E-state index is 11.0. The monoisotopic (exact) mass is 252 g/mol. The SMILES string of the molecule is CNC(=O)Nc1nnc(-c2ccccc2Cl)o1. The molecule has 1 aromatic heterocycles. The highest BCUT2D eigenvalue weighted by atomic mass is 35.5. The number of carbonyl (C=O) groups is 1. The first-order valence-corrected chi connectivity index (χ1v) is 5.15. The van der Waals surface area contributed by atoms with E-state index in [-0.39, 0.29) is 11.9 Å². The second-order valence-electron chi connectivity index (χ2n) is 3.10. The second-order valence-corrected chi connectivity index (χ2v) is 3.50. The molecule has 0 saturated heterocycles. The van der Waals surface area contributed by atoms with Gasteiger partial charge >= 0.3 is 12.0 Å². The maximum Gasteiger partial charge on any atom is 0.324 e. The van der Waals surface area contributed by atoms with Gasteiger partial charge in [0, 0.05) is 7.05 Å². The average Bonchev–Trinajstić information content (AvgIpc) is 2.78. The minimum absolute atomic E-state index is 0.0132. The molecule has 7 heteroatoms. The first kappa shape index (κ1) is 11.4. The van der Waals surface area contributed by atoms with Crippen LogP contribution < -0.4 is 10.6 Å². The third kappa shape index (κ3) is 2.54. The van der Waals surface area contributed by atoms with Crippen molar-refractivity contribution in [2.24, 2.45) is 0 Å². The first-order chi connectivity index (χ1) is 8.20. The lowest BCUT2D eigenvalue weighted by Crippen LogP contribution is -2.24. The molecular weight excluding hydrogens is 244 g/mol. The number of halogens is 1. The third-order valence-corrected chi connectivity index (χ3v) is 2.31. The van der Waals surface area contributed by atoms with Crippen molar-refractivity contribution in [3.63, 3.8) is 0 Å². The number of anilines is 1. The van der Waals surface area contributed by atoms with Crippen LogP contribution in [-0.4, -0.2) is 23.3 Å². The highest BCUT2D eigenvalue weighted by Crippen LogP contribution is 2.27. The number of benzene rings is 1. The largest absolute Gasteiger partial charge is 0.403 e. The van der Waals surface area contributed by atoms with Crippen molar-refractivity contribution < 1.29 is 9.21 Å². The number of nitrogens with one attached hydrogen (secondary N) is 2. The standard InChI is InChI=1S/C10H9ClN4O2/c1-12-9(16)13-10-15-14-8(17-10)6-4-2-3-5-7(6)11/h2-5H,1H3,(H2,12,13,15,16). The number of carbonyl (C=O) groups excluding carboxylic acids is 1. The minimum Gasteiger partial charge on any atom is -0.403 e. The van der Waals surface area contributed by atoms with Crippen LogP contribution in [0, 0.1) is 0 Å². The van der Waals surface area contributed by atoms with Crippen molar-refractivity contribution in [1.29, 1.82) is 0 Å². The summed E-state index contributed by atoms with van der Waals surface area (Å²) >= 11 is 5.97. The normalized spacial score (nSPS) is 10.0. The van der Waals surface area contributed by atoms with E-state index < -0.39 is 6.03 Å². The van der Waals surface area contributed by atoms with Gasteiger partial charge in [-0.3, -0.25) is 5.32 Å². The minimum atomic E-state index is -0.431. The maximum absolute atomic E-state index is 11.0. The number of aromatic nitrogens is 2. The molecule has 6 nitrogen and oxygen atoms in total. The van der Waals surface area contributed by atoms with Gasteiger partial charge in [0.2, 0.25) is 0 Å². The van der Waals surface area contributed by atoms with Crippen molar-refractivity contribution in [1.82, 2.24) is 15.5 Å². The predicted octanol–water partition coefficient (Wildman–Crippen LogP) is 2.14. The highest BCUT2D eigenvalue weighted by molar-refractivity contribution is 6.33. The summed E-state index contributed by atoms with van der Waals surface area (Å²) in [6.07, 6.45) is 0. The lowest BCUT2D eigenvalue weighted by Gasteiger charge is -1.98. The number of rotatable bonds is 2. The van der Waals surface area contributed by atoms with E-state index in [9.17, 15) is 4.79 Å². The summed E-state index contributed by atoms with van der Waals surface area (Å²) in [4.78, 5) is 11.0. The van der Waals surface area contributed by atoms with Crippen molar-refractivity contribution >= 4 is 23.6 Å². The van der Waals surface area contributed by atoms with Gasteiger partial charge in [0.1, 0.15) is 0 Å².